The number of methoxy groups -OCH3 is 2. The number of hydrogen-bond acceptors (Lipinski definition) is 5. The molecule has 2 atom stereocenters. The number of nitrogens with zero attached hydrogens (tertiary/aromatic N) is 2. The van der Waals surface area contributed by atoms with Crippen molar-refractivity contribution in [2.45, 2.75) is 31.8 Å². The third kappa shape index (κ3) is 5.00. The third-order valence-corrected chi connectivity index (χ3v) is 4.43. The summed E-state index contributed by atoms with van der Waals surface area (Å²) in [4.78, 5) is 6.91. The predicted molar refractivity (Wildman–Crippen MR) is 80.0 cm³/mol. The van der Waals surface area contributed by atoms with Gasteiger partial charge in [0.2, 0.25) is 0 Å². The predicted octanol–water partition coefficient (Wildman–Crippen LogP) is 2.93. The van der Waals surface area contributed by atoms with Gasteiger partial charge >= 0.3 is 0 Å². The largest absolute Gasteiger partial charge is 0.383 e. The van der Waals surface area contributed by atoms with Crippen LogP contribution in [0.4, 0.5) is 0 Å². The second-order valence-electron chi connectivity index (χ2n) is 4.52. The van der Waals surface area contributed by atoms with E-state index in [0.717, 1.165) is 17.2 Å². The first kappa shape index (κ1) is 16.9. The van der Waals surface area contributed by atoms with Crippen molar-refractivity contribution in [2.24, 2.45) is 0 Å². The monoisotopic (exact) mass is 306 g/mol. The zero-order valence-corrected chi connectivity index (χ0v) is 13.6. The number of alkyl halides is 1. The second-order valence-corrected chi connectivity index (χ2v) is 5.68. The standard InChI is InChI=1S/C13H23ClN2O2S/c1-10(8-18-4)16(5-6-17-3)11(2)13-15-12(7-14)9-19-13/h9-11H,5-8H2,1-4H3. The molecule has 0 aliphatic rings. The molecule has 0 aliphatic heterocycles. The van der Waals surface area contributed by atoms with Crippen LogP contribution in [0.3, 0.4) is 0 Å². The summed E-state index contributed by atoms with van der Waals surface area (Å²) in [5.74, 6) is 0.467. The highest BCUT2D eigenvalue weighted by atomic mass is 35.5. The minimum Gasteiger partial charge on any atom is -0.383 e. The Hall–Kier alpha value is -0.200. The van der Waals surface area contributed by atoms with E-state index in [0.29, 0.717) is 25.1 Å². The Morgan fingerprint density at radius 1 is 1.37 bits per heavy atom. The fourth-order valence-electron chi connectivity index (χ4n) is 2.05. The molecule has 19 heavy (non-hydrogen) atoms. The van der Waals surface area contributed by atoms with Gasteiger partial charge in [-0.15, -0.1) is 22.9 Å². The first-order chi connectivity index (χ1) is 9.13. The quantitative estimate of drug-likeness (QED) is 0.657. The summed E-state index contributed by atoms with van der Waals surface area (Å²) in [5, 5.41) is 3.11. The molecule has 0 spiro atoms. The van der Waals surface area contributed by atoms with Crippen LogP contribution in [-0.4, -0.2) is 49.9 Å². The summed E-state index contributed by atoms with van der Waals surface area (Å²) in [5.41, 5.74) is 0.944. The molecule has 1 aromatic rings. The molecule has 1 aromatic heterocycles. The van der Waals surface area contributed by atoms with Crippen molar-refractivity contribution >= 4 is 22.9 Å². The normalized spacial score (nSPS) is 14.8. The Kier molecular flexibility index (Phi) is 7.87. The Balaban J connectivity index is 2.76. The Morgan fingerprint density at radius 2 is 2.11 bits per heavy atom. The fraction of sp³-hybridized carbons (Fsp3) is 0.769. The third-order valence-electron chi connectivity index (χ3n) is 3.09. The van der Waals surface area contributed by atoms with Crippen LogP contribution in [0.2, 0.25) is 0 Å². The van der Waals surface area contributed by atoms with E-state index in [-0.39, 0.29) is 6.04 Å². The van der Waals surface area contributed by atoms with Crippen molar-refractivity contribution in [3.05, 3.63) is 16.1 Å². The van der Waals surface area contributed by atoms with Crippen LogP contribution in [-0.2, 0) is 15.4 Å². The Morgan fingerprint density at radius 3 is 2.63 bits per heavy atom. The van der Waals surface area contributed by atoms with Gasteiger partial charge in [-0.2, -0.15) is 0 Å². The summed E-state index contributed by atoms with van der Waals surface area (Å²) in [7, 11) is 3.45. The van der Waals surface area contributed by atoms with E-state index in [1.54, 1.807) is 25.6 Å². The second kappa shape index (κ2) is 8.87. The molecular weight excluding hydrogens is 284 g/mol. The van der Waals surface area contributed by atoms with Gasteiger partial charge in [-0.1, -0.05) is 0 Å². The molecule has 0 aromatic carbocycles. The van der Waals surface area contributed by atoms with Crippen LogP contribution >= 0.6 is 22.9 Å². The van der Waals surface area contributed by atoms with E-state index in [2.05, 4.69) is 23.7 Å². The maximum atomic E-state index is 5.81. The van der Waals surface area contributed by atoms with Crippen molar-refractivity contribution in [1.82, 2.24) is 9.88 Å². The van der Waals surface area contributed by atoms with E-state index in [1.165, 1.54) is 0 Å². The molecule has 0 aliphatic carbocycles. The van der Waals surface area contributed by atoms with Crippen LogP contribution < -0.4 is 0 Å². The zero-order chi connectivity index (χ0) is 14.3. The number of rotatable bonds is 9. The molecule has 0 saturated heterocycles. The van der Waals surface area contributed by atoms with Crippen molar-refractivity contribution in [3.8, 4) is 0 Å². The first-order valence-electron chi connectivity index (χ1n) is 6.37. The minimum absolute atomic E-state index is 0.238. The summed E-state index contributed by atoms with van der Waals surface area (Å²) in [6, 6.07) is 0.556. The molecule has 0 bridgehead atoms. The van der Waals surface area contributed by atoms with E-state index in [9.17, 15) is 0 Å². The number of aromatic nitrogens is 1. The van der Waals surface area contributed by atoms with Gasteiger partial charge in [-0.25, -0.2) is 4.98 Å². The van der Waals surface area contributed by atoms with Gasteiger partial charge in [0.05, 0.1) is 30.8 Å². The van der Waals surface area contributed by atoms with Crippen LogP contribution in [0.15, 0.2) is 5.38 Å². The summed E-state index contributed by atoms with van der Waals surface area (Å²) < 4.78 is 10.4. The smallest absolute Gasteiger partial charge is 0.110 e. The molecule has 4 nitrogen and oxygen atoms in total. The lowest BCUT2D eigenvalue weighted by Gasteiger charge is -2.33. The number of hydrogen-bond donors (Lipinski definition) is 0. The minimum atomic E-state index is 0.238. The molecule has 0 amide bonds. The lowest BCUT2D eigenvalue weighted by Crippen LogP contribution is -2.40. The molecule has 2 unspecified atom stereocenters. The lowest BCUT2D eigenvalue weighted by molar-refractivity contribution is 0.0513. The fourth-order valence-corrected chi connectivity index (χ4v) is 3.17. The van der Waals surface area contributed by atoms with Gasteiger partial charge in [0.15, 0.2) is 0 Å². The highest BCUT2D eigenvalue weighted by Gasteiger charge is 2.23. The van der Waals surface area contributed by atoms with Gasteiger partial charge in [-0.05, 0) is 13.8 Å². The lowest BCUT2D eigenvalue weighted by atomic mass is 10.2. The van der Waals surface area contributed by atoms with Gasteiger partial charge in [0.1, 0.15) is 5.01 Å². The average molecular weight is 307 g/mol. The van der Waals surface area contributed by atoms with Crippen LogP contribution in [0.5, 0.6) is 0 Å². The first-order valence-corrected chi connectivity index (χ1v) is 7.79. The maximum Gasteiger partial charge on any atom is 0.110 e. The molecule has 1 heterocycles. The molecule has 0 N–H and O–H groups in total. The van der Waals surface area contributed by atoms with E-state index >= 15 is 0 Å². The maximum absolute atomic E-state index is 5.81. The molecular formula is C13H23ClN2O2S. The van der Waals surface area contributed by atoms with Crippen LogP contribution in [0, 0.1) is 0 Å². The van der Waals surface area contributed by atoms with Crippen molar-refractivity contribution in [2.75, 3.05) is 34.0 Å². The topological polar surface area (TPSA) is 34.6 Å². The number of thiazole rings is 1. The number of halogens is 1. The number of ether oxygens (including phenoxy) is 2. The Bertz CT molecular complexity index is 362. The summed E-state index contributed by atoms with van der Waals surface area (Å²) >= 11 is 7.47. The van der Waals surface area contributed by atoms with Gasteiger partial charge in [-0.3, -0.25) is 4.90 Å². The highest BCUT2D eigenvalue weighted by molar-refractivity contribution is 7.09. The summed E-state index contributed by atoms with van der Waals surface area (Å²) in [6.07, 6.45) is 0. The molecule has 110 valence electrons. The van der Waals surface area contributed by atoms with Crippen molar-refractivity contribution < 1.29 is 9.47 Å². The molecule has 0 fully saturated rings. The summed E-state index contributed by atoms with van der Waals surface area (Å²) in [6.45, 7) is 6.58. The average Bonchev–Trinajstić information content (AvgIpc) is 2.88. The van der Waals surface area contributed by atoms with Crippen molar-refractivity contribution in [3.63, 3.8) is 0 Å². The van der Waals surface area contributed by atoms with Gasteiger partial charge in [0, 0.05) is 32.2 Å². The molecule has 6 heteroatoms. The Labute approximate surface area is 124 Å². The van der Waals surface area contributed by atoms with E-state index in [4.69, 9.17) is 21.1 Å². The molecule has 0 saturated carbocycles. The van der Waals surface area contributed by atoms with Gasteiger partial charge < -0.3 is 9.47 Å². The molecule has 0 radical (unpaired) electrons. The van der Waals surface area contributed by atoms with Crippen LogP contribution in [0.1, 0.15) is 30.6 Å². The molecule has 1 rings (SSSR count). The highest BCUT2D eigenvalue weighted by Crippen LogP contribution is 2.26. The van der Waals surface area contributed by atoms with Crippen molar-refractivity contribution in [1.29, 1.82) is 0 Å². The van der Waals surface area contributed by atoms with Crippen LogP contribution in [0.25, 0.3) is 0 Å². The SMILES string of the molecule is COCCN(C(C)COC)C(C)c1nc(CCl)cs1. The van der Waals surface area contributed by atoms with E-state index in [1.807, 2.05) is 5.38 Å². The zero-order valence-electron chi connectivity index (χ0n) is 12.1. The van der Waals surface area contributed by atoms with Gasteiger partial charge in [0.25, 0.3) is 0 Å². The van der Waals surface area contributed by atoms with E-state index < -0.39 is 0 Å².